The second kappa shape index (κ2) is 4.59. The Morgan fingerprint density at radius 2 is 1.84 bits per heavy atom. The standard InChI is InChI=1S/C14H14N4S/c1-8-4-9(2)12(10(3)5-8)11-6-19-14(17-11)13-15-7-16-18-13/h4-7H,1-3H3,(H,15,16,18). The zero-order chi connectivity index (χ0) is 13.4. The maximum absolute atomic E-state index is 4.66. The summed E-state index contributed by atoms with van der Waals surface area (Å²) >= 11 is 1.58. The van der Waals surface area contributed by atoms with E-state index in [1.54, 1.807) is 11.3 Å². The zero-order valence-corrected chi connectivity index (χ0v) is 11.9. The van der Waals surface area contributed by atoms with Crippen LogP contribution in [-0.4, -0.2) is 20.2 Å². The molecular formula is C14H14N4S. The molecule has 0 saturated heterocycles. The van der Waals surface area contributed by atoms with Crippen molar-refractivity contribution < 1.29 is 0 Å². The van der Waals surface area contributed by atoms with Gasteiger partial charge in [0, 0.05) is 10.9 Å². The monoisotopic (exact) mass is 270 g/mol. The van der Waals surface area contributed by atoms with Gasteiger partial charge in [0.25, 0.3) is 0 Å². The Morgan fingerprint density at radius 1 is 1.11 bits per heavy atom. The third-order valence-corrected chi connectivity index (χ3v) is 3.90. The van der Waals surface area contributed by atoms with Crippen LogP contribution in [0, 0.1) is 20.8 Å². The zero-order valence-electron chi connectivity index (χ0n) is 11.1. The molecule has 0 aliphatic heterocycles. The Kier molecular flexibility index (Phi) is 2.91. The van der Waals surface area contributed by atoms with Crippen molar-refractivity contribution in [1.82, 2.24) is 20.2 Å². The Bertz CT molecular complexity index is 690. The molecular weight excluding hydrogens is 256 g/mol. The molecule has 1 aromatic carbocycles. The minimum atomic E-state index is 0.721. The highest BCUT2D eigenvalue weighted by Gasteiger charge is 2.12. The summed E-state index contributed by atoms with van der Waals surface area (Å²) in [5.41, 5.74) is 6.02. The first-order valence-electron chi connectivity index (χ1n) is 6.04. The Morgan fingerprint density at radius 3 is 2.47 bits per heavy atom. The van der Waals surface area contributed by atoms with Crippen LogP contribution in [0.3, 0.4) is 0 Å². The largest absolute Gasteiger partial charge is 0.257 e. The van der Waals surface area contributed by atoms with E-state index in [4.69, 9.17) is 0 Å². The molecule has 0 unspecified atom stereocenters. The quantitative estimate of drug-likeness (QED) is 0.775. The van der Waals surface area contributed by atoms with Gasteiger partial charge in [0.05, 0.1) is 5.69 Å². The van der Waals surface area contributed by atoms with Crippen LogP contribution >= 0.6 is 11.3 Å². The van der Waals surface area contributed by atoms with Crippen LogP contribution in [0.15, 0.2) is 23.8 Å². The maximum Gasteiger partial charge on any atom is 0.184 e. The first-order chi connectivity index (χ1) is 9.15. The Hall–Kier alpha value is -2.01. The van der Waals surface area contributed by atoms with E-state index >= 15 is 0 Å². The first kappa shape index (κ1) is 12.0. The molecule has 0 amide bonds. The van der Waals surface area contributed by atoms with Crippen molar-refractivity contribution in [3.8, 4) is 22.1 Å². The van der Waals surface area contributed by atoms with Gasteiger partial charge in [0.15, 0.2) is 10.8 Å². The van der Waals surface area contributed by atoms with E-state index < -0.39 is 0 Å². The fraction of sp³-hybridized carbons (Fsp3) is 0.214. The molecule has 3 rings (SSSR count). The van der Waals surface area contributed by atoms with Gasteiger partial charge in [0.2, 0.25) is 0 Å². The molecule has 3 aromatic rings. The van der Waals surface area contributed by atoms with Crippen molar-refractivity contribution in [2.45, 2.75) is 20.8 Å². The number of aromatic nitrogens is 4. The molecule has 19 heavy (non-hydrogen) atoms. The average molecular weight is 270 g/mol. The van der Waals surface area contributed by atoms with Crippen LogP contribution in [0.4, 0.5) is 0 Å². The van der Waals surface area contributed by atoms with Crippen LogP contribution in [0.1, 0.15) is 16.7 Å². The summed E-state index contributed by atoms with van der Waals surface area (Å²) in [6.07, 6.45) is 1.50. The number of H-pyrrole nitrogens is 1. The van der Waals surface area contributed by atoms with Crippen molar-refractivity contribution >= 4 is 11.3 Å². The van der Waals surface area contributed by atoms with Gasteiger partial charge >= 0.3 is 0 Å². The summed E-state index contributed by atoms with van der Waals surface area (Å²) in [5, 5.41) is 9.64. The molecule has 0 spiro atoms. The van der Waals surface area contributed by atoms with Gasteiger partial charge < -0.3 is 0 Å². The lowest BCUT2D eigenvalue weighted by molar-refractivity contribution is 1.09. The van der Waals surface area contributed by atoms with E-state index in [-0.39, 0.29) is 0 Å². The smallest absolute Gasteiger partial charge is 0.184 e. The minimum Gasteiger partial charge on any atom is -0.257 e. The fourth-order valence-corrected chi connectivity index (χ4v) is 3.14. The molecule has 1 N–H and O–H groups in total. The van der Waals surface area contributed by atoms with Crippen molar-refractivity contribution in [2.24, 2.45) is 0 Å². The molecule has 2 heterocycles. The number of aromatic amines is 1. The van der Waals surface area contributed by atoms with E-state index in [9.17, 15) is 0 Å². The second-order valence-electron chi connectivity index (χ2n) is 4.65. The normalized spacial score (nSPS) is 10.9. The minimum absolute atomic E-state index is 0.721. The Labute approximate surface area is 115 Å². The third-order valence-electron chi connectivity index (χ3n) is 3.05. The van der Waals surface area contributed by atoms with Crippen LogP contribution < -0.4 is 0 Å². The van der Waals surface area contributed by atoms with Crippen molar-refractivity contribution in [3.63, 3.8) is 0 Å². The van der Waals surface area contributed by atoms with E-state index in [1.807, 2.05) is 0 Å². The molecule has 0 aliphatic rings. The van der Waals surface area contributed by atoms with Gasteiger partial charge in [-0.15, -0.1) is 11.3 Å². The van der Waals surface area contributed by atoms with Gasteiger partial charge in [-0.1, -0.05) is 17.7 Å². The third kappa shape index (κ3) is 2.17. The molecule has 5 heteroatoms. The van der Waals surface area contributed by atoms with Gasteiger partial charge in [-0.05, 0) is 31.9 Å². The SMILES string of the molecule is Cc1cc(C)c(-c2csc(-c3ncn[nH]3)n2)c(C)c1. The fourth-order valence-electron chi connectivity index (χ4n) is 2.39. The number of benzene rings is 1. The topological polar surface area (TPSA) is 54.5 Å². The summed E-state index contributed by atoms with van der Waals surface area (Å²) in [7, 11) is 0. The van der Waals surface area contributed by atoms with Gasteiger partial charge in [-0.3, -0.25) is 5.10 Å². The number of thiazole rings is 1. The van der Waals surface area contributed by atoms with Crippen molar-refractivity contribution in [2.75, 3.05) is 0 Å². The molecule has 96 valence electrons. The van der Waals surface area contributed by atoms with Gasteiger partial charge in [0.1, 0.15) is 6.33 Å². The van der Waals surface area contributed by atoms with E-state index in [2.05, 4.69) is 58.4 Å². The lowest BCUT2D eigenvalue weighted by Crippen LogP contribution is -1.90. The summed E-state index contributed by atoms with van der Waals surface area (Å²) in [5.74, 6) is 0.721. The first-order valence-corrected chi connectivity index (χ1v) is 6.92. The number of hydrogen-bond acceptors (Lipinski definition) is 4. The van der Waals surface area contributed by atoms with Crippen LogP contribution in [0.2, 0.25) is 0 Å². The van der Waals surface area contributed by atoms with Crippen molar-refractivity contribution in [1.29, 1.82) is 0 Å². The highest BCUT2D eigenvalue weighted by atomic mass is 32.1. The Balaban J connectivity index is 2.09. The predicted octanol–water partition coefficient (Wildman–Crippen LogP) is 3.52. The molecule has 4 nitrogen and oxygen atoms in total. The van der Waals surface area contributed by atoms with E-state index in [1.165, 1.54) is 28.6 Å². The highest BCUT2D eigenvalue weighted by Crippen LogP contribution is 2.31. The number of nitrogens with zero attached hydrogens (tertiary/aromatic N) is 3. The molecule has 0 atom stereocenters. The highest BCUT2D eigenvalue weighted by molar-refractivity contribution is 7.13. The van der Waals surface area contributed by atoms with Gasteiger partial charge in [-0.2, -0.15) is 5.10 Å². The molecule has 0 fully saturated rings. The van der Waals surface area contributed by atoms with Crippen LogP contribution in [0.25, 0.3) is 22.1 Å². The van der Waals surface area contributed by atoms with Gasteiger partial charge in [-0.25, -0.2) is 9.97 Å². The van der Waals surface area contributed by atoms with E-state index in [0.29, 0.717) is 0 Å². The number of nitrogens with one attached hydrogen (secondary N) is 1. The van der Waals surface area contributed by atoms with Crippen molar-refractivity contribution in [3.05, 3.63) is 40.5 Å². The molecule has 0 bridgehead atoms. The second-order valence-corrected chi connectivity index (χ2v) is 5.50. The van der Waals surface area contributed by atoms with Crippen LogP contribution in [-0.2, 0) is 0 Å². The lowest BCUT2D eigenvalue weighted by Gasteiger charge is -2.08. The molecule has 0 aliphatic carbocycles. The van der Waals surface area contributed by atoms with E-state index in [0.717, 1.165) is 16.5 Å². The summed E-state index contributed by atoms with van der Waals surface area (Å²) < 4.78 is 0. The molecule has 2 aromatic heterocycles. The summed E-state index contributed by atoms with van der Waals surface area (Å²) in [6, 6.07) is 4.38. The lowest BCUT2D eigenvalue weighted by atomic mass is 9.98. The number of aryl methyl sites for hydroxylation is 3. The summed E-state index contributed by atoms with van der Waals surface area (Å²) in [6.45, 7) is 6.37. The average Bonchev–Trinajstić information content (AvgIpc) is 2.97. The maximum atomic E-state index is 4.66. The number of rotatable bonds is 2. The molecule has 0 saturated carbocycles. The molecule has 0 radical (unpaired) electrons. The predicted molar refractivity (Wildman–Crippen MR) is 77.1 cm³/mol. The number of hydrogen-bond donors (Lipinski definition) is 1. The summed E-state index contributed by atoms with van der Waals surface area (Å²) in [4.78, 5) is 8.79. The van der Waals surface area contributed by atoms with Crippen LogP contribution in [0.5, 0.6) is 0 Å².